The number of para-hydroxylation sites is 1. The number of halogens is 1. The highest BCUT2D eigenvalue weighted by atomic mass is 79.9. The van der Waals surface area contributed by atoms with Crippen LogP contribution in [0.4, 0.5) is 5.82 Å². The van der Waals surface area contributed by atoms with Crippen molar-refractivity contribution in [1.82, 2.24) is 9.78 Å². The van der Waals surface area contributed by atoms with E-state index in [1.165, 1.54) is 0 Å². The van der Waals surface area contributed by atoms with Crippen molar-refractivity contribution in [3.8, 4) is 5.69 Å². The fraction of sp³-hybridized carbons (Fsp3) is 0.100. The van der Waals surface area contributed by atoms with Crippen LogP contribution in [0.3, 0.4) is 0 Å². The zero-order valence-corrected chi connectivity index (χ0v) is 10.5. The molecule has 0 aliphatic heterocycles. The molecule has 0 spiro atoms. The van der Waals surface area contributed by atoms with Crippen LogP contribution in [0.15, 0.2) is 39.8 Å². The Morgan fingerprint density at radius 1 is 1.40 bits per heavy atom. The van der Waals surface area contributed by atoms with Crippen LogP contribution in [-0.4, -0.2) is 16.0 Å². The van der Waals surface area contributed by atoms with Gasteiger partial charge in [0.1, 0.15) is 10.8 Å². The molecule has 0 saturated carbocycles. The van der Waals surface area contributed by atoms with Crippen LogP contribution in [0.2, 0.25) is 0 Å². The molecule has 0 atom stereocenters. The number of anilines is 1. The molecule has 1 heterocycles. The number of benzene rings is 1. The summed E-state index contributed by atoms with van der Waals surface area (Å²) in [6.07, 6.45) is 1.98. The summed E-state index contributed by atoms with van der Waals surface area (Å²) in [7, 11) is 0. The third-order valence-electron chi connectivity index (χ3n) is 2.00. The van der Waals surface area contributed by atoms with Crippen LogP contribution in [0.25, 0.3) is 5.69 Å². The predicted molar refractivity (Wildman–Crippen MR) is 67.5 cm³/mol. The highest BCUT2D eigenvalue weighted by molar-refractivity contribution is 9.10. The largest absolute Gasteiger partial charge is 0.384 e. The first-order chi connectivity index (χ1) is 7.22. The van der Waals surface area contributed by atoms with E-state index >= 15 is 0 Å². The van der Waals surface area contributed by atoms with E-state index in [9.17, 15) is 0 Å². The van der Waals surface area contributed by atoms with E-state index < -0.39 is 0 Å². The summed E-state index contributed by atoms with van der Waals surface area (Å²) in [5, 5.41) is 5.30. The Kier molecular flexibility index (Phi) is 3.02. The summed E-state index contributed by atoms with van der Waals surface area (Å²) < 4.78 is 2.71. The van der Waals surface area contributed by atoms with E-state index in [0.29, 0.717) is 5.82 Å². The van der Waals surface area contributed by atoms with Crippen LogP contribution < -0.4 is 5.73 Å². The van der Waals surface area contributed by atoms with Gasteiger partial charge in [-0.05, 0) is 34.3 Å². The lowest BCUT2D eigenvalue weighted by molar-refractivity contribution is 0.843. The molecule has 1 aromatic heterocycles. The fourth-order valence-electron chi connectivity index (χ4n) is 1.29. The van der Waals surface area contributed by atoms with Crippen molar-refractivity contribution in [2.24, 2.45) is 0 Å². The number of hydrogen-bond acceptors (Lipinski definition) is 3. The Balaban J connectivity index is 2.54. The van der Waals surface area contributed by atoms with Gasteiger partial charge in [-0.2, -0.15) is 5.10 Å². The van der Waals surface area contributed by atoms with Crippen molar-refractivity contribution >= 4 is 33.5 Å². The average Bonchev–Trinajstić information content (AvgIpc) is 2.60. The first kappa shape index (κ1) is 10.6. The summed E-state index contributed by atoms with van der Waals surface area (Å²) in [6, 6.07) is 9.72. The molecule has 2 rings (SSSR count). The molecule has 0 radical (unpaired) electrons. The van der Waals surface area contributed by atoms with Crippen molar-refractivity contribution in [2.75, 3.05) is 12.0 Å². The molecule has 0 aliphatic rings. The van der Waals surface area contributed by atoms with Crippen molar-refractivity contribution in [3.63, 3.8) is 0 Å². The van der Waals surface area contributed by atoms with Crippen LogP contribution >= 0.6 is 27.7 Å². The van der Waals surface area contributed by atoms with Gasteiger partial charge in [-0.15, -0.1) is 11.8 Å². The molecule has 0 saturated heterocycles. The SMILES string of the molecule is CSc1cc(N)n(-c2ccccc2Br)n1. The van der Waals surface area contributed by atoms with Crippen LogP contribution in [0, 0.1) is 0 Å². The van der Waals surface area contributed by atoms with Gasteiger partial charge >= 0.3 is 0 Å². The number of nitrogens with zero attached hydrogens (tertiary/aromatic N) is 2. The Bertz CT molecular complexity index is 481. The number of hydrogen-bond donors (Lipinski definition) is 1. The van der Waals surface area contributed by atoms with Gasteiger partial charge in [0.05, 0.1) is 5.69 Å². The molecule has 78 valence electrons. The molecule has 0 aliphatic carbocycles. The second kappa shape index (κ2) is 4.28. The minimum Gasteiger partial charge on any atom is -0.384 e. The van der Waals surface area contributed by atoms with Crippen LogP contribution in [0.5, 0.6) is 0 Å². The molecule has 5 heteroatoms. The zero-order valence-electron chi connectivity index (χ0n) is 8.14. The normalized spacial score (nSPS) is 10.5. The maximum Gasteiger partial charge on any atom is 0.128 e. The van der Waals surface area contributed by atoms with Crippen molar-refractivity contribution in [2.45, 2.75) is 5.03 Å². The first-order valence-electron chi connectivity index (χ1n) is 4.37. The molecule has 2 N–H and O–H groups in total. The molecule has 1 aromatic carbocycles. The minimum atomic E-state index is 0.645. The van der Waals surface area contributed by atoms with E-state index in [1.807, 2.05) is 36.6 Å². The summed E-state index contributed by atoms with van der Waals surface area (Å²) in [5.41, 5.74) is 6.84. The van der Waals surface area contributed by atoms with Crippen LogP contribution in [0.1, 0.15) is 0 Å². The summed E-state index contributed by atoms with van der Waals surface area (Å²) in [6.45, 7) is 0. The van der Waals surface area contributed by atoms with Gasteiger partial charge < -0.3 is 5.73 Å². The third-order valence-corrected chi connectivity index (χ3v) is 3.29. The molecular formula is C10H10BrN3S. The highest BCUT2D eigenvalue weighted by Crippen LogP contribution is 2.25. The van der Waals surface area contributed by atoms with E-state index in [4.69, 9.17) is 5.73 Å². The molecule has 0 fully saturated rings. The summed E-state index contributed by atoms with van der Waals surface area (Å²) >= 11 is 5.05. The molecular weight excluding hydrogens is 274 g/mol. The lowest BCUT2D eigenvalue weighted by Gasteiger charge is -2.05. The lowest BCUT2D eigenvalue weighted by atomic mass is 10.3. The standard InChI is InChI=1S/C10H10BrN3S/c1-15-10-6-9(12)14(13-10)8-5-3-2-4-7(8)11/h2-6H,12H2,1H3. The number of rotatable bonds is 2. The van der Waals surface area contributed by atoms with Crippen molar-refractivity contribution in [3.05, 3.63) is 34.8 Å². The van der Waals surface area contributed by atoms with Crippen molar-refractivity contribution in [1.29, 1.82) is 0 Å². The van der Waals surface area contributed by atoms with Crippen LogP contribution in [-0.2, 0) is 0 Å². The Labute approximate surface area is 101 Å². The lowest BCUT2D eigenvalue weighted by Crippen LogP contribution is -2.02. The monoisotopic (exact) mass is 283 g/mol. The van der Waals surface area contributed by atoms with Crippen molar-refractivity contribution < 1.29 is 0 Å². The van der Waals surface area contributed by atoms with E-state index in [2.05, 4.69) is 21.0 Å². The predicted octanol–water partition coefficient (Wildman–Crippen LogP) is 2.94. The van der Waals surface area contributed by atoms with E-state index in [0.717, 1.165) is 15.2 Å². The van der Waals surface area contributed by atoms with Gasteiger partial charge in [0.2, 0.25) is 0 Å². The third kappa shape index (κ3) is 2.03. The minimum absolute atomic E-state index is 0.645. The Hall–Kier alpha value is -0.940. The maximum absolute atomic E-state index is 5.88. The average molecular weight is 284 g/mol. The smallest absolute Gasteiger partial charge is 0.128 e. The van der Waals surface area contributed by atoms with Gasteiger partial charge in [0.15, 0.2) is 0 Å². The molecule has 2 aromatic rings. The van der Waals surface area contributed by atoms with Gasteiger partial charge in [-0.25, -0.2) is 4.68 Å². The molecule has 0 unspecified atom stereocenters. The highest BCUT2D eigenvalue weighted by Gasteiger charge is 2.08. The Morgan fingerprint density at radius 2 is 2.13 bits per heavy atom. The first-order valence-corrected chi connectivity index (χ1v) is 6.38. The summed E-state index contributed by atoms with van der Waals surface area (Å²) in [5.74, 6) is 0.645. The number of nitrogen functional groups attached to an aromatic ring is 1. The Morgan fingerprint density at radius 3 is 2.73 bits per heavy atom. The summed E-state index contributed by atoms with van der Waals surface area (Å²) in [4.78, 5) is 0. The fourth-order valence-corrected chi connectivity index (χ4v) is 2.14. The maximum atomic E-state index is 5.88. The van der Waals surface area contributed by atoms with E-state index in [-0.39, 0.29) is 0 Å². The quantitative estimate of drug-likeness (QED) is 0.862. The van der Waals surface area contributed by atoms with Gasteiger partial charge in [-0.3, -0.25) is 0 Å². The number of aromatic nitrogens is 2. The molecule has 3 nitrogen and oxygen atoms in total. The van der Waals surface area contributed by atoms with Gasteiger partial charge in [-0.1, -0.05) is 12.1 Å². The zero-order chi connectivity index (χ0) is 10.8. The molecule has 0 bridgehead atoms. The second-order valence-electron chi connectivity index (χ2n) is 2.97. The van der Waals surface area contributed by atoms with E-state index in [1.54, 1.807) is 16.4 Å². The molecule has 15 heavy (non-hydrogen) atoms. The second-order valence-corrected chi connectivity index (χ2v) is 4.66. The van der Waals surface area contributed by atoms with Gasteiger partial charge in [0, 0.05) is 10.5 Å². The molecule has 0 amide bonds. The van der Waals surface area contributed by atoms with Gasteiger partial charge in [0.25, 0.3) is 0 Å². The number of thioether (sulfide) groups is 1. The number of nitrogens with two attached hydrogens (primary N) is 1. The topological polar surface area (TPSA) is 43.8 Å².